The van der Waals surface area contributed by atoms with Crippen molar-refractivity contribution in [1.82, 2.24) is 0 Å². The summed E-state index contributed by atoms with van der Waals surface area (Å²) in [7, 11) is 0. The monoisotopic (exact) mass is 592 g/mol. The van der Waals surface area contributed by atoms with Crippen LogP contribution in [0.4, 0.5) is 0 Å². The fourth-order valence-electron chi connectivity index (χ4n) is 6.85. The number of rotatable bonds is 3. The highest BCUT2D eigenvalue weighted by Crippen LogP contribution is 2.45. The molecule has 0 aliphatic rings. The Kier molecular flexibility index (Phi) is 6.70. The zero-order chi connectivity index (χ0) is 30.5. The molecule has 0 fully saturated rings. The molecule has 0 aliphatic carbocycles. The zero-order valence-corrected chi connectivity index (χ0v) is 26.3. The van der Waals surface area contributed by atoms with Gasteiger partial charge in [0.15, 0.2) is 0 Å². The molecular formula is C44H32S. The van der Waals surface area contributed by atoms with Crippen LogP contribution in [0.15, 0.2) is 152 Å². The predicted octanol–water partition coefficient (Wildman–Crippen LogP) is 13.5. The van der Waals surface area contributed by atoms with E-state index in [2.05, 4.69) is 153 Å². The third kappa shape index (κ3) is 4.51. The summed E-state index contributed by atoms with van der Waals surface area (Å²) in [6, 6.07) is 51.9. The lowest BCUT2D eigenvalue weighted by atomic mass is 9.85. The molecule has 9 rings (SSSR count). The quantitative estimate of drug-likeness (QED) is 0.141. The van der Waals surface area contributed by atoms with E-state index in [9.17, 15) is 0 Å². The van der Waals surface area contributed by atoms with Gasteiger partial charge in [0, 0.05) is 20.2 Å². The van der Waals surface area contributed by atoms with Crippen LogP contribution in [0.5, 0.6) is 0 Å². The molecule has 214 valence electrons. The molecule has 9 aromatic rings. The number of aryl methyl sites for hydroxylation is 1. The number of fused-ring (bicyclic) bond motifs is 3. The highest BCUT2D eigenvalue weighted by Gasteiger charge is 2.17. The predicted molar refractivity (Wildman–Crippen MR) is 200 cm³/mol. The molecule has 0 radical (unpaired) electrons. The first-order chi connectivity index (χ1) is 22.1. The minimum absolute atomic E-state index is 1.24. The van der Waals surface area contributed by atoms with Crippen LogP contribution in [0.25, 0.3) is 85.9 Å². The Hall–Kier alpha value is -5.24. The maximum Gasteiger partial charge on any atom is 0.0433 e. The van der Waals surface area contributed by atoms with E-state index in [4.69, 9.17) is 0 Å². The molecule has 0 aliphatic heterocycles. The molecule has 0 saturated carbocycles. The second kappa shape index (κ2) is 11.0. The van der Waals surface area contributed by atoms with Crippen molar-refractivity contribution in [2.75, 3.05) is 0 Å². The first-order valence-electron chi connectivity index (χ1n) is 15.5. The Labute approximate surface area is 267 Å². The van der Waals surface area contributed by atoms with Crippen molar-refractivity contribution in [2.45, 2.75) is 13.8 Å². The third-order valence-corrected chi connectivity index (χ3v) is 10.1. The van der Waals surface area contributed by atoms with Crippen LogP contribution in [0, 0.1) is 6.92 Å². The van der Waals surface area contributed by atoms with E-state index in [0.29, 0.717) is 0 Å². The average Bonchev–Trinajstić information content (AvgIpc) is 3.47. The molecule has 8 aromatic carbocycles. The van der Waals surface area contributed by atoms with E-state index >= 15 is 0 Å². The number of thiophene rings is 1. The van der Waals surface area contributed by atoms with Crippen molar-refractivity contribution in [3.05, 3.63) is 158 Å². The van der Waals surface area contributed by atoms with E-state index in [1.807, 2.05) is 18.3 Å². The van der Waals surface area contributed by atoms with Crippen molar-refractivity contribution >= 4 is 63.8 Å². The lowest BCUT2D eigenvalue weighted by molar-refractivity contribution is 1.47. The Morgan fingerprint density at radius 1 is 0.489 bits per heavy atom. The second-order valence-electron chi connectivity index (χ2n) is 11.8. The van der Waals surface area contributed by atoms with Gasteiger partial charge < -0.3 is 0 Å². The van der Waals surface area contributed by atoms with Crippen LogP contribution >= 0.6 is 11.3 Å². The largest absolute Gasteiger partial charge is 0.135 e. The fraction of sp³-hybridized carbons (Fsp3) is 0.0455. The van der Waals surface area contributed by atoms with Gasteiger partial charge in [-0.3, -0.25) is 0 Å². The fourth-order valence-corrected chi connectivity index (χ4v) is 8.08. The Morgan fingerprint density at radius 2 is 1.02 bits per heavy atom. The minimum atomic E-state index is 1.24. The standard InChI is InChI=1S/C41H26S.C3H6/c1-25-12-14-27(15-13-25)36-24-37(34-23-21-30-7-4-6-29-20-22-33(36)40(34)39(29)30)28-18-16-26(17-19-28)31-9-5-10-35-32-8-2-3-11-38(32)42-41(31)35;1-3-2/h2-24H,1H3;3H,1H2,2H3. The van der Waals surface area contributed by atoms with Gasteiger partial charge in [0.25, 0.3) is 0 Å². The molecule has 0 saturated heterocycles. The average molecular weight is 593 g/mol. The smallest absolute Gasteiger partial charge is 0.0433 e. The molecule has 0 unspecified atom stereocenters. The van der Waals surface area contributed by atoms with Crippen LogP contribution in [-0.4, -0.2) is 0 Å². The van der Waals surface area contributed by atoms with Gasteiger partial charge in [-0.25, -0.2) is 0 Å². The molecule has 0 bridgehead atoms. The van der Waals surface area contributed by atoms with Crippen molar-refractivity contribution in [2.24, 2.45) is 0 Å². The van der Waals surface area contributed by atoms with Gasteiger partial charge in [0.2, 0.25) is 0 Å². The van der Waals surface area contributed by atoms with Crippen molar-refractivity contribution in [3.63, 3.8) is 0 Å². The van der Waals surface area contributed by atoms with Gasteiger partial charge in [-0.15, -0.1) is 17.9 Å². The molecule has 1 heteroatoms. The summed E-state index contributed by atoms with van der Waals surface area (Å²) < 4.78 is 2.70. The summed E-state index contributed by atoms with van der Waals surface area (Å²) in [5.41, 5.74) is 8.91. The third-order valence-electron chi connectivity index (χ3n) is 8.92. The van der Waals surface area contributed by atoms with Gasteiger partial charge in [-0.2, -0.15) is 0 Å². The Morgan fingerprint density at radius 3 is 1.67 bits per heavy atom. The molecule has 0 nitrogen and oxygen atoms in total. The lowest BCUT2D eigenvalue weighted by Gasteiger charge is -2.18. The summed E-state index contributed by atoms with van der Waals surface area (Å²) in [6.45, 7) is 7.40. The number of allylic oxidation sites excluding steroid dienone is 1. The van der Waals surface area contributed by atoms with Crippen LogP contribution in [-0.2, 0) is 0 Å². The van der Waals surface area contributed by atoms with Crippen LogP contribution in [0.3, 0.4) is 0 Å². The van der Waals surface area contributed by atoms with E-state index in [0.717, 1.165) is 0 Å². The molecule has 0 N–H and O–H groups in total. The summed E-state index contributed by atoms with van der Waals surface area (Å²) in [5.74, 6) is 0. The Bertz CT molecular complexity index is 2480. The molecule has 0 amide bonds. The van der Waals surface area contributed by atoms with E-state index in [1.54, 1.807) is 6.08 Å². The van der Waals surface area contributed by atoms with Crippen LogP contribution in [0.1, 0.15) is 12.5 Å². The van der Waals surface area contributed by atoms with Gasteiger partial charge in [0.1, 0.15) is 0 Å². The minimum Gasteiger partial charge on any atom is -0.135 e. The molecular weight excluding hydrogens is 561 g/mol. The maximum atomic E-state index is 3.36. The molecule has 1 aromatic heterocycles. The highest BCUT2D eigenvalue weighted by atomic mass is 32.1. The molecule has 45 heavy (non-hydrogen) atoms. The summed E-state index contributed by atoms with van der Waals surface area (Å²) in [5, 5.41) is 10.6. The summed E-state index contributed by atoms with van der Waals surface area (Å²) in [6.07, 6.45) is 1.75. The maximum absolute atomic E-state index is 3.36. The first kappa shape index (κ1) is 27.3. The number of hydrogen-bond donors (Lipinski definition) is 0. The second-order valence-corrected chi connectivity index (χ2v) is 12.8. The van der Waals surface area contributed by atoms with Crippen molar-refractivity contribution in [1.29, 1.82) is 0 Å². The van der Waals surface area contributed by atoms with Crippen LogP contribution < -0.4 is 0 Å². The topological polar surface area (TPSA) is 0 Å². The lowest BCUT2D eigenvalue weighted by Crippen LogP contribution is -1.91. The van der Waals surface area contributed by atoms with E-state index < -0.39 is 0 Å². The number of hydrogen-bond acceptors (Lipinski definition) is 1. The summed E-state index contributed by atoms with van der Waals surface area (Å²) >= 11 is 1.89. The highest BCUT2D eigenvalue weighted by molar-refractivity contribution is 7.26. The Balaban J connectivity index is 0.000000966. The normalized spacial score (nSPS) is 11.4. The van der Waals surface area contributed by atoms with Gasteiger partial charge in [-0.1, -0.05) is 139 Å². The first-order valence-corrected chi connectivity index (χ1v) is 16.3. The molecule has 0 spiro atoms. The zero-order valence-electron chi connectivity index (χ0n) is 25.5. The SMILES string of the molecule is C=CC.Cc1ccc(-c2cc(-c3ccc(-c4cccc5c4sc4ccccc45)cc3)c3ccc4cccc5ccc2c3c54)cc1. The number of benzene rings is 8. The van der Waals surface area contributed by atoms with Crippen molar-refractivity contribution < 1.29 is 0 Å². The van der Waals surface area contributed by atoms with Gasteiger partial charge in [-0.05, 0) is 91.7 Å². The van der Waals surface area contributed by atoms with E-state index in [-0.39, 0.29) is 0 Å². The molecule has 1 heterocycles. The molecule has 0 atom stereocenters. The van der Waals surface area contributed by atoms with Gasteiger partial charge >= 0.3 is 0 Å². The van der Waals surface area contributed by atoms with E-state index in [1.165, 1.54) is 91.4 Å². The summed E-state index contributed by atoms with van der Waals surface area (Å²) in [4.78, 5) is 0. The van der Waals surface area contributed by atoms with Crippen LogP contribution in [0.2, 0.25) is 0 Å². The van der Waals surface area contributed by atoms with Crippen molar-refractivity contribution in [3.8, 4) is 33.4 Å². The van der Waals surface area contributed by atoms with Gasteiger partial charge in [0.05, 0.1) is 0 Å².